The van der Waals surface area contributed by atoms with Crippen LogP contribution in [0.4, 0.5) is 0 Å². The third-order valence-electron chi connectivity index (χ3n) is 5.14. The lowest BCUT2D eigenvalue weighted by atomic mass is 9.81. The van der Waals surface area contributed by atoms with Gasteiger partial charge in [0.15, 0.2) is 0 Å². The Morgan fingerprint density at radius 3 is 2.33 bits per heavy atom. The van der Waals surface area contributed by atoms with E-state index in [0.717, 1.165) is 51.4 Å². The maximum absolute atomic E-state index is 12.3. The van der Waals surface area contributed by atoms with E-state index in [1.807, 2.05) is 0 Å². The van der Waals surface area contributed by atoms with Crippen LogP contribution >= 0.6 is 8.60 Å². The van der Waals surface area contributed by atoms with Gasteiger partial charge in [-0.2, -0.15) is 0 Å². The Labute approximate surface area is 160 Å². The van der Waals surface area contributed by atoms with Crippen molar-refractivity contribution in [3.63, 3.8) is 0 Å². The SMILES string of the molecule is O=C(NCCCCCCOP(O)O)C1CCC(CN2C(=O)C=CC2=O)CC1. The second-order valence-electron chi connectivity index (χ2n) is 7.13. The topological polar surface area (TPSA) is 116 Å². The first-order chi connectivity index (χ1) is 13.0. The molecule has 0 aromatic rings. The Morgan fingerprint density at radius 1 is 1.07 bits per heavy atom. The van der Waals surface area contributed by atoms with Crippen LogP contribution in [0.1, 0.15) is 51.4 Å². The van der Waals surface area contributed by atoms with E-state index in [4.69, 9.17) is 14.3 Å². The number of imide groups is 1. The van der Waals surface area contributed by atoms with Gasteiger partial charge in [0.2, 0.25) is 5.91 Å². The van der Waals surface area contributed by atoms with E-state index in [2.05, 4.69) is 5.32 Å². The first-order valence-corrected chi connectivity index (χ1v) is 10.8. The lowest BCUT2D eigenvalue weighted by molar-refractivity contribution is -0.138. The number of nitrogens with one attached hydrogen (secondary N) is 1. The zero-order valence-electron chi connectivity index (χ0n) is 15.5. The number of carbonyl (C=O) groups excluding carboxylic acids is 3. The molecule has 1 aliphatic carbocycles. The van der Waals surface area contributed by atoms with Crippen LogP contribution in [0.5, 0.6) is 0 Å². The third kappa shape index (κ3) is 7.66. The van der Waals surface area contributed by atoms with Crippen LogP contribution in [0.25, 0.3) is 0 Å². The van der Waals surface area contributed by atoms with Gasteiger partial charge in [0.1, 0.15) is 0 Å². The summed E-state index contributed by atoms with van der Waals surface area (Å²) in [5.74, 6) is -0.0769. The summed E-state index contributed by atoms with van der Waals surface area (Å²) in [4.78, 5) is 54.0. The van der Waals surface area contributed by atoms with E-state index in [0.29, 0.717) is 19.7 Å². The van der Waals surface area contributed by atoms with Gasteiger partial charge in [0.05, 0.1) is 6.61 Å². The summed E-state index contributed by atoms with van der Waals surface area (Å²) in [6.45, 7) is 1.45. The van der Waals surface area contributed by atoms with Crippen LogP contribution in [0.15, 0.2) is 12.2 Å². The first-order valence-electron chi connectivity index (χ1n) is 9.59. The normalized spacial score (nSPS) is 22.7. The minimum Gasteiger partial charge on any atom is -0.356 e. The molecular weight excluding hydrogens is 371 g/mol. The average molecular weight is 400 g/mol. The van der Waals surface area contributed by atoms with Crippen molar-refractivity contribution in [1.82, 2.24) is 10.2 Å². The molecule has 0 atom stereocenters. The fourth-order valence-corrected chi connectivity index (χ4v) is 3.85. The van der Waals surface area contributed by atoms with E-state index < -0.39 is 8.60 Å². The molecule has 0 bridgehead atoms. The van der Waals surface area contributed by atoms with Gasteiger partial charge in [0.25, 0.3) is 11.8 Å². The fourth-order valence-electron chi connectivity index (χ4n) is 3.56. The van der Waals surface area contributed by atoms with Gasteiger partial charge in [-0.25, -0.2) is 0 Å². The zero-order chi connectivity index (χ0) is 19.6. The Balaban J connectivity index is 1.52. The largest absolute Gasteiger partial charge is 0.356 e. The minimum absolute atomic E-state index is 0.0195. The monoisotopic (exact) mass is 400 g/mol. The Hall–Kier alpha value is -1.34. The van der Waals surface area contributed by atoms with E-state index >= 15 is 0 Å². The molecule has 1 aliphatic heterocycles. The number of hydrogen-bond donors (Lipinski definition) is 3. The molecule has 9 heteroatoms. The molecule has 0 aromatic heterocycles. The van der Waals surface area contributed by atoms with Gasteiger partial charge < -0.3 is 19.6 Å². The number of nitrogens with zero attached hydrogens (tertiary/aromatic N) is 1. The minimum atomic E-state index is -2.25. The van der Waals surface area contributed by atoms with Crippen molar-refractivity contribution in [2.75, 3.05) is 19.7 Å². The Morgan fingerprint density at radius 2 is 1.70 bits per heavy atom. The summed E-state index contributed by atoms with van der Waals surface area (Å²) in [6.07, 6.45) is 9.46. The van der Waals surface area contributed by atoms with Gasteiger partial charge in [-0.05, 0) is 44.4 Å². The smallest absolute Gasteiger partial charge is 0.327 e. The quantitative estimate of drug-likeness (QED) is 0.276. The van der Waals surface area contributed by atoms with Crippen molar-refractivity contribution >= 4 is 26.3 Å². The highest BCUT2D eigenvalue weighted by Crippen LogP contribution is 2.30. The van der Waals surface area contributed by atoms with Crippen molar-refractivity contribution in [3.05, 3.63) is 12.2 Å². The van der Waals surface area contributed by atoms with Crippen LogP contribution in [0.2, 0.25) is 0 Å². The van der Waals surface area contributed by atoms with Gasteiger partial charge in [0, 0.05) is 31.2 Å². The van der Waals surface area contributed by atoms with Crippen LogP contribution in [0.3, 0.4) is 0 Å². The standard InChI is InChI=1S/C18H29N2O6P/c21-16-9-10-17(22)20(16)13-14-5-7-15(8-6-14)18(23)19-11-3-1-2-4-12-26-27(24)25/h9-10,14-15,24-25H,1-8,11-13H2,(H,19,23). The van der Waals surface area contributed by atoms with Gasteiger partial charge in [-0.3, -0.25) is 19.3 Å². The molecule has 0 radical (unpaired) electrons. The van der Waals surface area contributed by atoms with Gasteiger partial charge in [-0.15, -0.1) is 0 Å². The molecule has 27 heavy (non-hydrogen) atoms. The molecule has 8 nitrogen and oxygen atoms in total. The lowest BCUT2D eigenvalue weighted by Crippen LogP contribution is -2.38. The van der Waals surface area contributed by atoms with E-state index in [9.17, 15) is 14.4 Å². The summed E-state index contributed by atoms with van der Waals surface area (Å²) in [5.41, 5.74) is 0. The number of unbranched alkanes of at least 4 members (excludes halogenated alkanes) is 3. The van der Waals surface area contributed by atoms with Crippen molar-refractivity contribution in [2.45, 2.75) is 51.4 Å². The molecule has 0 aromatic carbocycles. The van der Waals surface area contributed by atoms with Crippen molar-refractivity contribution in [3.8, 4) is 0 Å². The van der Waals surface area contributed by atoms with E-state index in [1.54, 1.807) is 0 Å². The van der Waals surface area contributed by atoms with Crippen molar-refractivity contribution in [2.24, 2.45) is 11.8 Å². The zero-order valence-corrected chi connectivity index (χ0v) is 16.4. The predicted octanol–water partition coefficient (Wildman–Crippen LogP) is 1.62. The van der Waals surface area contributed by atoms with E-state index in [-0.39, 0.29) is 29.6 Å². The molecule has 1 heterocycles. The molecule has 0 spiro atoms. The number of rotatable bonds is 11. The van der Waals surface area contributed by atoms with Gasteiger partial charge >= 0.3 is 8.60 Å². The summed E-state index contributed by atoms with van der Waals surface area (Å²) in [7, 11) is -2.25. The maximum Gasteiger partial charge on any atom is 0.327 e. The van der Waals surface area contributed by atoms with Crippen LogP contribution in [-0.4, -0.2) is 52.1 Å². The predicted molar refractivity (Wildman–Crippen MR) is 100 cm³/mol. The highest BCUT2D eigenvalue weighted by molar-refractivity contribution is 7.39. The molecule has 152 valence electrons. The van der Waals surface area contributed by atoms with Crippen LogP contribution < -0.4 is 5.32 Å². The molecule has 2 rings (SSSR count). The number of amides is 3. The number of hydrogen-bond acceptors (Lipinski definition) is 6. The fraction of sp³-hybridized carbons (Fsp3) is 0.722. The Bertz CT molecular complexity index is 528. The van der Waals surface area contributed by atoms with Gasteiger partial charge in [-0.1, -0.05) is 12.8 Å². The molecule has 0 unspecified atom stereocenters. The summed E-state index contributed by atoms with van der Waals surface area (Å²) >= 11 is 0. The lowest BCUT2D eigenvalue weighted by Gasteiger charge is -2.30. The highest BCUT2D eigenvalue weighted by atomic mass is 31.2. The highest BCUT2D eigenvalue weighted by Gasteiger charge is 2.31. The molecule has 3 amide bonds. The second-order valence-corrected chi connectivity index (χ2v) is 7.89. The first kappa shape index (κ1) is 22.0. The summed E-state index contributed by atoms with van der Waals surface area (Å²) < 4.78 is 4.69. The molecule has 3 N–H and O–H groups in total. The summed E-state index contributed by atoms with van der Waals surface area (Å²) in [6, 6.07) is 0. The molecular formula is C18H29N2O6P. The third-order valence-corrected chi connectivity index (χ3v) is 5.55. The summed E-state index contributed by atoms with van der Waals surface area (Å²) in [5, 5.41) is 2.99. The number of carbonyl (C=O) groups is 3. The molecule has 1 saturated carbocycles. The second kappa shape index (κ2) is 11.5. The van der Waals surface area contributed by atoms with E-state index in [1.165, 1.54) is 17.1 Å². The maximum atomic E-state index is 12.3. The Kier molecular flexibility index (Phi) is 9.34. The van der Waals surface area contributed by atoms with Crippen LogP contribution in [0, 0.1) is 11.8 Å². The molecule has 0 saturated heterocycles. The average Bonchev–Trinajstić information content (AvgIpc) is 2.96. The molecule has 2 aliphatic rings. The van der Waals surface area contributed by atoms with Crippen molar-refractivity contribution < 1.29 is 28.7 Å². The van der Waals surface area contributed by atoms with Crippen LogP contribution in [-0.2, 0) is 18.9 Å². The molecule has 1 fully saturated rings. The van der Waals surface area contributed by atoms with Crippen molar-refractivity contribution in [1.29, 1.82) is 0 Å².